The first-order valence-corrected chi connectivity index (χ1v) is 7.40. The van der Waals surface area contributed by atoms with Crippen molar-refractivity contribution in [3.05, 3.63) is 23.5 Å². The summed E-state index contributed by atoms with van der Waals surface area (Å²) in [4.78, 5) is 12.0. The van der Waals surface area contributed by atoms with Crippen LogP contribution in [0.1, 0.15) is 0 Å². The smallest absolute Gasteiger partial charge is 0.234 e. The Labute approximate surface area is 135 Å². The Balaban J connectivity index is 2.05. The van der Waals surface area contributed by atoms with Crippen LogP contribution in [-0.2, 0) is 4.79 Å². The first-order valence-electron chi connectivity index (χ1n) is 6.04. The molecule has 0 fully saturated rings. The van der Waals surface area contributed by atoms with Crippen molar-refractivity contribution >= 4 is 35.0 Å². The van der Waals surface area contributed by atoms with Crippen molar-refractivity contribution < 1.29 is 14.3 Å². The van der Waals surface area contributed by atoms with Gasteiger partial charge in [-0.15, -0.1) is 10.2 Å². The lowest BCUT2D eigenvalue weighted by Gasteiger charge is -2.12. The molecule has 0 aliphatic rings. The van der Waals surface area contributed by atoms with Crippen LogP contribution in [0.2, 0.25) is 5.02 Å². The topological polar surface area (TPSA) is 104 Å². The van der Waals surface area contributed by atoms with Crippen molar-refractivity contribution in [3.8, 4) is 11.5 Å². The lowest BCUT2D eigenvalue weighted by atomic mass is 10.2. The molecule has 0 saturated heterocycles. The second kappa shape index (κ2) is 7.23. The van der Waals surface area contributed by atoms with Gasteiger partial charge in [-0.1, -0.05) is 23.4 Å². The van der Waals surface area contributed by atoms with Gasteiger partial charge in [-0.2, -0.15) is 0 Å². The molecule has 1 amide bonds. The summed E-state index contributed by atoms with van der Waals surface area (Å²) in [6, 6.07) is 3.16. The zero-order valence-electron chi connectivity index (χ0n) is 11.9. The van der Waals surface area contributed by atoms with E-state index in [0.29, 0.717) is 27.4 Å². The van der Waals surface area contributed by atoms with Gasteiger partial charge in [-0.05, 0) is 6.07 Å². The third-order valence-electron chi connectivity index (χ3n) is 2.62. The largest absolute Gasteiger partial charge is 0.495 e. The molecular weight excluding hydrogens is 330 g/mol. The number of halogens is 1. The summed E-state index contributed by atoms with van der Waals surface area (Å²) in [6.07, 6.45) is 1.35. The van der Waals surface area contributed by atoms with Gasteiger partial charge in [-0.3, -0.25) is 4.79 Å². The number of nitrogens with one attached hydrogen (secondary N) is 1. The molecule has 0 unspecified atom stereocenters. The molecular formula is C12H14ClN5O3S. The number of nitrogens with two attached hydrogens (primary N) is 1. The molecule has 2 rings (SSSR count). The first-order chi connectivity index (χ1) is 10.5. The molecule has 0 aliphatic carbocycles. The van der Waals surface area contributed by atoms with E-state index >= 15 is 0 Å². The molecule has 0 atom stereocenters. The van der Waals surface area contributed by atoms with Gasteiger partial charge in [0.25, 0.3) is 0 Å². The van der Waals surface area contributed by atoms with Crippen LogP contribution in [0.5, 0.6) is 11.5 Å². The van der Waals surface area contributed by atoms with E-state index in [2.05, 4.69) is 15.5 Å². The highest BCUT2D eigenvalue weighted by atomic mass is 35.5. The van der Waals surface area contributed by atoms with E-state index in [9.17, 15) is 4.79 Å². The Hall–Kier alpha value is -2.13. The number of carbonyl (C=O) groups excluding carboxylic acids is 1. The SMILES string of the molecule is COc1cc(OC)c(NC(=O)CSc2nncn2N)cc1Cl. The number of aromatic nitrogens is 3. The van der Waals surface area contributed by atoms with E-state index in [1.807, 2.05) is 0 Å². The number of rotatable bonds is 6. The monoisotopic (exact) mass is 343 g/mol. The van der Waals surface area contributed by atoms with E-state index in [1.165, 1.54) is 25.2 Å². The summed E-state index contributed by atoms with van der Waals surface area (Å²) in [5.74, 6) is 6.33. The number of nitrogen functional groups attached to an aromatic ring is 1. The number of methoxy groups -OCH3 is 2. The predicted octanol–water partition coefficient (Wildman–Crippen LogP) is 1.39. The van der Waals surface area contributed by atoms with E-state index in [4.69, 9.17) is 26.9 Å². The van der Waals surface area contributed by atoms with Crippen LogP contribution in [0.3, 0.4) is 0 Å². The van der Waals surface area contributed by atoms with E-state index in [0.717, 1.165) is 11.8 Å². The van der Waals surface area contributed by atoms with Crippen molar-refractivity contribution in [1.29, 1.82) is 0 Å². The number of nitrogens with zero attached hydrogens (tertiary/aromatic N) is 3. The molecule has 0 spiro atoms. The second-order valence-corrected chi connectivity index (χ2v) is 5.39. The van der Waals surface area contributed by atoms with Gasteiger partial charge in [0.2, 0.25) is 11.1 Å². The molecule has 1 aromatic carbocycles. The van der Waals surface area contributed by atoms with Gasteiger partial charge < -0.3 is 20.6 Å². The van der Waals surface area contributed by atoms with Crippen LogP contribution in [0.25, 0.3) is 0 Å². The number of amides is 1. The van der Waals surface area contributed by atoms with Gasteiger partial charge >= 0.3 is 0 Å². The fourth-order valence-corrected chi connectivity index (χ4v) is 2.48. The molecule has 3 N–H and O–H groups in total. The van der Waals surface area contributed by atoms with Gasteiger partial charge in [0.1, 0.15) is 17.8 Å². The molecule has 1 aromatic heterocycles. The van der Waals surface area contributed by atoms with Crippen LogP contribution >= 0.6 is 23.4 Å². The summed E-state index contributed by atoms with van der Waals surface area (Å²) >= 11 is 7.21. The lowest BCUT2D eigenvalue weighted by Crippen LogP contribution is -2.16. The fraction of sp³-hybridized carbons (Fsp3) is 0.250. The van der Waals surface area contributed by atoms with Gasteiger partial charge in [-0.25, -0.2) is 4.68 Å². The van der Waals surface area contributed by atoms with Crippen molar-refractivity contribution in [1.82, 2.24) is 14.9 Å². The number of thioether (sulfide) groups is 1. The summed E-state index contributed by atoms with van der Waals surface area (Å²) in [5, 5.41) is 10.9. The Morgan fingerprint density at radius 2 is 2.14 bits per heavy atom. The zero-order valence-corrected chi connectivity index (χ0v) is 13.4. The van der Waals surface area contributed by atoms with E-state index < -0.39 is 0 Å². The average molecular weight is 344 g/mol. The maximum atomic E-state index is 12.0. The predicted molar refractivity (Wildman–Crippen MR) is 84.1 cm³/mol. The Kier molecular flexibility index (Phi) is 5.34. The first kappa shape index (κ1) is 16.2. The van der Waals surface area contributed by atoms with Gasteiger partial charge in [0, 0.05) is 6.07 Å². The molecule has 2 aromatic rings. The van der Waals surface area contributed by atoms with E-state index in [1.54, 1.807) is 12.1 Å². The van der Waals surface area contributed by atoms with Crippen molar-refractivity contribution in [2.24, 2.45) is 0 Å². The maximum absolute atomic E-state index is 12.0. The third-order valence-corrected chi connectivity index (χ3v) is 3.87. The summed E-state index contributed by atoms with van der Waals surface area (Å²) in [5.41, 5.74) is 0.452. The minimum atomic E-state index is -0.257. The molecule has 1 heterocycles. The molecule has 0 aliphatic heterocycles. The molecule has 0 bridgehead atoms. The fourth-order valence-electron chi connectivity index (χ4n) is 1.61. The minimum absolute atomic E-state index is 0.114. The number of hydrogen-bond acceptors (Lipinski definition) is 7. The van der Waals surface area contributed by atoms with Crippen LogP contribution in [-0.4, -0.2) is 40.8 Å². The highest BCUT2D eigenvalue weighted by molar-refractivity contribution is 7.99. The summed E-state index contributed by atoms with van der Waals surface area (Å²) in [6.45, 7) is 0. The van der Waals surface area contributed by atoms with Crippen LogP contribution in [0.15, 0.2) is 23.6 Å². The molecule has 0 saturated carbocycles. The van der Waals surface area contributed by atoms with Gasteiger partial charge in [0.15, 0.2) is 0 Å². The maximum Gasteiger partial charge on any atom is 0.234 e. The van der Waals surface area contributed by atoms with Crippen molar-refractivity contribution in [2.45, 2.75) is 5.16 Å². The quantitative estimate of drug-likeness (QED) is 0.603. The number of anilines is 1. The van der Waals surface area contributed by atoms with Gasteiger partial charge in [0.05, 0.1) is 30.7 Å². The third kappa shape index (κ3) is 3.74. The summed E-state index contributed by atoms with van der Waals surface area (Å²) < 4.78 is 11.5. The highest BCUT2D eigenvalue weighted by Crippen LogP contribution is 2.35. The second-order valence-electron chi connectivity index (χ2n) is 4.04. The average Bonchev–Trinajstić information content (AvgIpc) is 2.91. The minimum Gasteiger partial charge on any atom is -0.495 e. The van der Waals surface area contributed by atoms with E-state index in [-0.39, 0.29) is 11.7 Å². The Bertz CT molecular complexity index is 679. The number of ether oxygens (including phenoxy) is 2. The normalized spacial score (nSPS) is 10.3. The number of carbonyl (C=O) groups is 1. The van der Waals surface area contributed by atoms with Crippen LogP contribution < -0.4 is 20.6 Å². The zero-order chi connectivity index (χ0) is 16.1. The molecule has 10 heteroatoms. The van der Waals surface area contributed by atoms with Crippen LogP contribution in [0.4, 0.5) is 5.69 Å². The standard InChI is InChI=1S/C12H14ClN5O3S/c1-20-9-4-10(21-2)8(3-7(9)13)16-11(19)5-22-12-17-15-6-18(12)14/h3-4,6H,5,14H2,1-2H3,(H,16,19). The molecule has 8 nitrogen and oxygen atoms in total. The summed E-state index contributed by atoms with van der Waals surface area (Å²) in [7, 11) is 2.99. The molecule has 0 radical (unpaired) electrons. The number of benzene rings is 1. The van der Waals surface area contributed by atoms with Crippen molar-refractivity contribution in [2.75, 3.05) is 31.1 Å². The Morgan fingerprint density at radius 1 is 1.41 bits per heavy atom. The molecule has 22 heavy (non-hydrogen) atoms. The number of hydrogen-bond donors (Lipinski definition) is 2. The lowest BCUT2D eigenvalue weighted by molar-refractivity contribution is -0.113. The molecule has 118 valence electrons. The highest BCUT2D eigenvalue weighted by Gasteiger charge is 2.13. The Morgan fingerprint density at radius 3 is 2.73 bits per heavy atom. The van der Waals surface area contributed by atoms with Crippen molar-refractivity contribution in [3.63, 3.8) is 0 Å². The van der Waals surface area contributed by atoms with Crippen LogP contribution in [0, 0.1) is 0 Å².